The number of methoxy groups -OCH3 is 1. The van der Waals surface area contributed by atoms with Gasteiger partial charge in [0.1, 0.15) is 0 Å². The zero-order valence-electron chi connectivity index (χ0n) is 10.2. The number of pyridine rings is 1. The van der Waals surface area contributed by atoms with Crippen molar-refractivity contribution >= 4 is 21.7 Å². The van der Waals surface area contributed by atoms with Crippen molar-refractivity contribution < 1.29 is 27.5 Å². The van der Waals surface area contributed by atoms with Crippen LogP contribution in [0.1, 0.15) is 10.6 Å². The van der Waals surface area contributed by atoms with Crippen LogP contribution < -0.4 is 9.46 Å². The van der Waals surface area contributed by atoms with E-state index in [0.29, 0.717) is 5.88 Å². The molecule has 0 radical (unpaired) electrons. The summed E-state index contributed by atoms with van der Waals surface area (Å²) in [5.74, 6) is -1.48. The van der Waals surface area contributed by atoms with Gasteiger partial charge in [0.25, 0.3) is 10.0 Å². The van der Waals surface area contributed by atoms with Crippen molar-refractivity contribution in [3.05, 3.63) is 36.2 Å². The molecule has 20 heavy (non-hydrogen) atoms. The molecule has 0 bridgehead atoms. The summed E-state index contributed by atoms with van der Waals surface area (Å²) in [5.41, 5.74) is 0.194. The van der Waals surface area contributed by atoms with E-state index >= 15 is 0 Å². The number of rotatable bonds is 5. The van der Waals surface area contributed by atoms with Crippen LogP contribution in [0.3, 0.4) is 0 Å². The molecule has 0 atom stereocenters. The first kappa shape index (κ1) is 13.9. The highest BCUT2D eigenvalue weighted by Crippen LogP contribution is 2.19. The molecule has 8 nitrogen and oxygen atoms in total. The highest BCUT2D eigenvalue weighted by Gasteiger charge is 2.21. The van der Waals surface area contributed by atoms with Crippen LogP contribution in [0.5, 0.6) is 5.88 Å². The lowest BCUT2D eigenvalue weighted by atomic mass is 10.4. The molecule has 0 fully saturated rings. The van der Waals surface area contributed by atoms with Gasteiger partial charge in [-0.15, -0.1) is 0 Å². The van der Waals surface area contributed by atoms with E-state index in [0.717, 1.165) is 12.1 Å². The average Bonchev–Trinajstić information content (AvgIpc) is 2.90. The normalized spacial score (nSPS) is 11.1. The van der Waals surface area contributed by atoms with E-state index in [1.165, 1.54) is 25.4 Å². The van der Waals surface area contributed by atoms with Gasteiger partial charge in [0.2, 0.25) is 16.7 Å². The number of hydrogen-bond donors (Lipinski definition) is 2. The summed E-state index contributed by atoms with van der Waals surface area (Å²) in [7, 11) is -2.57. The fraction of sp³-hybridized carbons (Fsp3) is 0.0909. The average molecular weight is 298 g/mol. The predicted molar refractivity (Wildman–Crippen MR) is 67.3 cm³/mol. The number of anilines is 1. The summed E-state index contributed by atoms with van der Waals surface area (Å²) in [6.07, 6.45) is 1.26. The molecule has 0 saturated heterocycles. The van der Waals surface area contributed by atoms with Crippen LogP contribution in [-0.2, 0) is 10.0 Å². The molecular formula is C11H10N2O6S. The van der Waals surface area contributed by atoms with Gasteiger partial charge < -0.3 is 14.3 Å². The number of nitrogens with one attached hydrogen (secondary N) is 1. The van der Waals surface area contributed by atoms with Crippen LogP contribution >= 0.6 is 0 Å². The van der Waals surface area contributed by atoms with Gasteiger partial charge >= 0.3 is 5.97 Å². The van der Waals surface area contributed by atoms with Crippen LogP contribution in [0, 0.1) is 0 Å². The van der Waals surface area contributed by atoms with Gasteiger partial charge in [0.05, 0.1) is 19.0 Å². The Labute approximate surface area is 114 Å². The van der Waals surface area contributed by atoms with Gasteiger partial charge in [-0.25, -0.2) is 9.78 Å². The second-order valence-corrected chi connectivity index (χ2v) is 5.23. The van der Waals surface area contributed by atoms with Crippen LogP contribution in [0.25, 0.3) is 0 Å². The molecule has 9 heteroatoms. The highest BCUT2D eigenvalue weighted by molar-refractivity contribution is 7.92. The van der Waals surface area contributed by atoms with E-state index in [-0.39, 0.29) is 5.69 Å². The molecule has 0 spiro atoms. The summed E-state index contributed by atoms with van der Waals surface area (Å²) in [6.45, 7) is 0. The third-order valence-corrected chi connectivity index (χ3v) is 3.51. The molecule has 2 aromatic rings. The number of aromatic carboxylic acids is 1. The Hall–Kier alpha value is -2.55. The summed E-state index contributed by atoms with van der Waals surface area (Å²) in [4.78, 5) is 14.5. The molecule has 2 N–H and O–H groups in total. The van der Waals surface area contributed by atoms with E-state index < -0.39 is 26.8 Å². The van der Waals surface area contributed by atoms with Crippen molar-refractivity contribution in [2.24, 2.45) is 0 Å². The fourth-order valence-corrected chi connectivity index (χ4v) is 2.32. The topological polar surface area (TPSA) is 119 Å². The molecule has 0 unspecified atom stereocenters. The molecular weight excluding hydrogens is 288 g/mol. The van der Waals surface area contributed by atoms with Crippen LogP contribution in [0.4, 0.5) is 5.69 Å². The third-order valence-electron chi connectivity index (χ3n) is 2.25. The maximum Gasteiger partial charge on any atom is 0.371 e. The Morgan fingerprint density at radius 3 is 2.60 bits per heavy atom. The molecule has 106 valence electrons. The minimum atomic E-state index is -4.01. The molecule has 2 rings (SSSR count). The lowest BCUT2D eigenvalue weighted by molar-refractivity contribution is 0.0656. The lowest BCUT2D eigenvalue weighted by Gasteiger charge is -2.05. The van der Waals surface area contributed by atoms with Crippen molar-refractivity contribution in [3.8, 4) is 5.88 Å². The number of carbonyl (C=O) groups is 1. The first-order chi connectivity index (χ1) is 9.42. The first-order valence-electron chi connectivity index (χ1n) is 5.28. The SMILES string of the molecule is COc1ccc(NS(=O)(=O)c2ccc(C(=O)O)o2)cn1. The number of aromatic nitrogens is 1. The van der Waals surface area contributed by atoms with E-state index in [9.17, 15) is 13.2 Å². The Morgan fingerprint density at radius 1 is 1.35 bits per heavy atom. The van der Waals surface area contributed by atoms with Crippen LogP contribution in [0.15, 0.2) is 40.0 Å². The maximum atomic E-state index is 11.9. The number of hydrogen-bond acceptors (Lipinski definition) is 6. The smallest absolute Gasteiger partial charge is 0.371 e. The minimum Gasteiger partial charge on any atom is -0.481 e. The van der Waals surface area contributed by atoms with Crippen molar-refractivity contribution in [1.82, 2.24) is 4.98 Å². The lowest BCUT2D eigenvalue weighted by Crippen LogP contribution is -2.12. The summed E-state index contributed by atoms with van der Waals surface area (Å²) in [5, 5.41) is 8.18. The number of furan rings is 1. The quantitative estimate of drug-likeness (QED) is 0.850. The molecule has 0 aliphatic rings. The van der Waals surface area contributed by atoms with Gasteiger partial charge in [0, 0.05) is 6.07 Å². The van der Waals surface area contributed by atoms with E-state index in [2.05, 4.69) is 9.71 Å². The van der Waals surface area contributed by atoms with Gasteiger partial charge in [-0.3, -0.25) is 4.72 Å². The number of ether oxygens (including phenoxy) is 1. The molecule has 0 aliphatic heterocycles. The van der Waals surface area contributed by atoms with Gasteiger partial charge in [-0.1, -0.05) is 0 Å². The standard InChI is InChI=1S/C11H10N2O6S/c1-18-9-4-2-7(6-12-9)13-20(16,17)10-5-3-8(19-10)11(14)15/h2-6,13H,1H3,(H,14,15). The highest BCUT2D eigenvalue weighted by atomic mass is 32.2. The second-order valence-electron chi connectivity index (χ2n) is 3.62. The Kier molecular flexibility index (Phi) is 3.61. The Bertz CT molecular complexity index is 720. The van der Waals surface area contributed by atoms with E-state index in [1.807, 2.05) is 0 Å². The summed E-state index contributed by atoms with van der Waals surface area (Å²) < 4.78 is 35.6. The number of nitrogens with zero attached hydrogens (tertiary/aromatic N) is 1. The minimum absolute atomic E-state index is 0.194. The van der Waals surface area contributed by atoms with Gasteiger partial charge in [0.15, 0.2) is 0 Å². The van der Waals surface area contributed by atoms with E-state index in [1.54, 1.807) is 0 Å². The van der Waals surface area contributed by atoms with Gasteiger partial charge in [-0.2, -0.15) is 8.42 Å². The Balaban J connectivity index is 2.23. The van der Waals surface area contributed by atoms with Crippen molar-refractivity contribution in [3.63, 3.8) is 0 Å². The van der Waals surface area contributed by atoms with Crippen molar-refractivity contribution in [1.29, 1.82) is 0 Å². The van der Waals surface area contributed by atoms with Crippen molar-refractivity contribution in [2.45, 2.75) is 5.09 Å². The number of carboxylic acids is 1. The molecule has 2 aromatic heterocycles. The Morgan fingerprint density at radius 2 is 2.10 bits per heavy atom. The summed E-state index contributed by atoms with van der Waals surface area (Å²) in [6, 6.07) is 5.04. The molecule has 2 heterocycles. The third kappa shape index (κ3) is 2.88. The van der Waals surface area contributed by atoms with Gasteiger partial charge in [-0.05, 0) is 18.2 Å². The molecule has 0 saturated carbocycles. The molecule has 0 aromatic carbocycles. The zero-order valence-corrected chi connectivity index (χ0v) is 11.0. The molecule has 0 amide bonds. The van der Waals surface area contributed by atoms with Crippen molar-refractivity contribution in [2.75, 3.05) is 11.8 Å². The number of sulfonamides is 1. The zero-order chi connectivity index (χ0) is 14.8. The summed E-state index contributed by atoms with van der Waals surface area (Å²) >= 11 is 0. The number of carboxylic acid groups (broad SMARTS) is 1. The second kappa shape index (κ2) is 5.21. The molecule has 0 aliphatic carbocycles. The van der Waals surface area contributed by atoms with Crippen LogP contribution in [-0.4, -0.2) is 31.6 Å². The predicted octanol–water partition coefficient (Wildman–Crippen LogP) is 1.18. The largest absolute Gasteiger partial charge is 0.481 e. The van der Waals surface area contributed by atoms with Crippen LogP contribution in [0.2, 0.25) is 0 Å². The first-order valence-corrected chi connectivity index (χ1v) is 6.76. The monoisotopic (exact) mass is 298 g/mol. The fourth-order valence-electron chi connectivity index (χ4n) is 1.35. The maximum absolute atomic E-state index is 11.9. The van der Waals surface area contributed by atoms with E-state index in [4.69, 9.17) is 14.3 Å².